The Hall–Kier alpha value is -1.82. The fourth-order valence-corrected chi connectivity index (χ4v) is 2.09. The topological polar surface area (TPSA) is 0 Å². The summed E-state index contributed by atoms with van der Waals surface area (Å²) in [6, 6.07) is 8.59. The molecule has 0 aromatic heterocycles. The first-order valence-corrected chi connectivity index (χ1v) is 6.04. The van der Waals surface area contributed by atoms with Crippen molar-refractivity contribution in [2.45, 2.75) is 20.3 Å². The molecule has 1 aromatic carbocycles. The maximum absolute atomic E-state index is 2.22. The number of hydrogen-bond donors (Lipinski definition) is 0. The summed E-state index contributed by atoms with van der Waals surface area (Å²) in [5.41, 5.74) is 5.46. The third kappa shape index (κ3) is 2.85. The molecule has 0 N–H and O–H groups in total. The smallest absolute Gasteiger partial charge is 0.00857 e. The fourth-order valence-electron chi connectivity index (χ4n) is 2.09. The Kier molecular flexibility index (Phi) is 3.77. The highest BCUT2D eigenvalue weighted by Crippen LogP contribution is 2.26. The summed E-state index contributed by atoms with van der Waals surface area (Å²) in [7, 11) is 0. The Morgan fingerprint density at radius 2 is 1.65 bits per heavy atom. The fraction of sp³-hybridized carbons (Fsp3) is 0.176. The van der Waals surface area contributed by atoms with Gasteiger partial charge in [0.2, 0.25) is 0 Å². The minimum atomic E-state index is 0.991. The molecule has 0 nitrogen and oxygen atoms in total. The van der Waals surface area contributed by atoms with E-state index in [0.29, 0.717) is 0 Å². The summed E-state index contributed by atoms with van der Waals surface area (Å²) >= 11 is 0. The average Bonchev–Trinajstić information content (AvgIpc) is 2.43. The van der Waals surface area contributed by atoms with Crippen molar-refractivity contribution < 1.29 is 0 Å². The van der Waals surface area contributed by atoms with Gasteiger partial charge >= 0.3 is 0 Å². The van der Waals surface area contributed by atoms with E-state index in [0.717, 1.165) is 6.42 Å². The third-order valence-corrected chi connectivity index (χ3v) is 3.08. The van der Waals surface area contributed by atoms with E-state index in [9.17, 15) is 0 Å². The summed E-state index contributed by atoms with van der Waals surface area (Å²) < 4.78 is 0. The second-order valence-electron chi connectivity index (χ2n) is 4.35. The van der Waals surface area contributed by atoms with E-state index in [1.54, 1.807) is 0 Å². The Labute approximate surface area is 104 Å². The van der Waals surface area contributed by atoms with Crippen LogP contribution in [0, 0.1) is 6.92 Å². The van der Waals surface area contributed by atoms with Crippen molar-refractivity contribution in [3.63, 3.8) is 0 Å². The molecule has 0 atom stereocenters. The van der Waals surface area contributed by atoms with Crippen LogP contribution in [0.15, 0.2) is 66.3 Å². The first-order valence-electron chi connectivity index (χ1n) is 6.04. The van der Waals surface area contributed by atoms with Crippen molar-refractivity contribution >= 4 is 5.57 Å². The van der Waals surface area contributed by atoms with Gasteiger partial charge in [-0.15, -0.1) is 0 Å². The monoisotopic (exact) mass is 222 g/mol. The van der Waals surface area contributed by atoms with E-state index in [1.165, 1.54) is 22.3 Å². The van der Waals surface area contributed by atoms with Crippen LogP contribution in [0.2, 0.25) is 0 Å². The quantitative estimate of drug-likeness (QED) is 0.637. The SMILES string of the molecule is CC1=C(/c2ccccc2C)C\C=C/C=C\C=C/1. The molecule has 0 saturated heterocycles. The van der Waals surface area contributed by atoms with Crippen LogP contribution in [0.4, 0.5) is 0 Å². The number of hydrogen-bond acceptors (Lipinski definition) is 0. The summed E-state index contributed by atoms with van der Waals surface area (Å²) in [6.07, 6.45) is 13.8. The van der Waals surface area contributed by atoms with Gasteiger partial charge < -0.3 is 0 Å². The second-order valence-corrected chi connectivity index (χ2v) is 4.35. The molecule has 0 heterocycles. The van der Waals surface area contributed by atoms with Gasteiger partial charge in [0.1, 0.15) is 0 Å². The molecule has 0 radical (unpaired) electrons. The van der Waals surface area contributed by atoms with Crippen LogP contribution < -0.4 is 0 Å². The van der Waals surface area contributed by atoms with Crippen LogP contribution in [0.5, 0.6) is 0 Å². The predicted molar refractivity (Wildman–Crippen MR) is 75.8 cm³/mol. The molecule has 17 heavy (non-hydrogen) atoms. The van der Waals surface area contributed by atoms with Gasteiger partial charge in [-0.2, -0.15) is 0 Å². The number of allylic oxidation sites excluding steroid dienone is 8. The van der Waals surface area contributed by atoms with Crippen LogP contribution in [0.25, 0.3) is 5.57 Å². The maximum atomic E-state index is 2.22. The highest BCUT2D eigenvalue weighted by atomic mass is 14.1. The van der Waals surface area contributed by atoms with Gasteiger partial charge in [-0.3, -0.25) is 0 Å². The van der Waals surface area contributed by atoms with Gasteiger partial charge in [0.05, 0.1) is 0 Å². The Morgan fingerprint density at radius 1 is 0.882 bits per heavy atom. The van der Waals surface area contributed by atoms with Crippen molar-refractivity contribution in [3.8, 4) is 0 Å². The highest BCUT2D eigenvalue weighted by molar-refractivity contribution is 5.73. The van der Waals surface area contributed by atoms with Crippen LogP contribution in [0.3, 0.4) is 0 Å². The normalized spacial score (nSPS) is 25.5. The Morgan fingerprint density at radius 3 is 2.47 bits per heavy atom. The van der Waals surface area contributed by atoms with Crippen molar-refractivity contribution in [2.24, 2.45) is 0 Å². The van der Waals surface area contributed by atoms with E-state index in [-0.39, 0.29) is 0 Å². The summed E-state index contributed by atoms with van der Waals surface area (Å²) in [5, 5.41) is 0. The average molecular weight is 222 g/mol. The van der Waals surface area contributed by atoms with Crippen LogP contribution in [0.1, 0.15) is 24.5 Å². The van der Waals surface area contributed by atoms with E-state index in [4.69, 9.17) is 0 Å². The number of rotatable bonds is 1. The van der Waals surface area contributed by atoms with Crippen molar-refractivity contribution in [1.82, 2.24) is 0 Å². The lowest BCUT2D eigenvalue weighted by atomic mass is 9.94. The van der Waals surface area contributed by atoms with E-state index < -0.39 is 0 Å². The van der Waals surface area contributed by atoms with E-state index in [2.05, 4.69) is 74.6 Å². The van der Waals surface area contributed by atoms with Gasteiger partial charge in [0.25, 0.3) is 0 Å². The summed E-state index contributed by atoms with van der Waals surface area (Å²) in [4.78, 5) is 0. The standard InChI is InChI=1S/C17H18/c1-14-10-6-4-3-5-7-12-16(14)17-13-9-8-11-15(17)2/h3-11,13H,12H2,1-2H3/b4-3-,7-5-,10-6-,16-14+. The largest absolute Gasteiger partial charge is 0.0801 e. The van der Waals surface area contributed by atoms with Gasteiger partial charge in [-0.1, -0.05) is 60.7 Å². The minimum absolute atomic E-state index is 0.991. The molecule has 0 fully saturated rings. The van der Waals surface area contributed by atoms with Crippen molar-refractivity contribution in [2.75, 3.05) is 0 Å². The van der Waals surface area contributed by atoms with Crippen LogP contribution in [-0.4, -0.2) is 0 Å². The van der Waals surface area contributed by atoms with Crippen LogP contribution >= 0.6 is 0 Å². The maximum Gasteiger partial charge on any atom is -0.00857 e. The minimum Gasteiger partial charge on any atom is -0.0801 e. The molecule has 0 spiro atoms. The lowest BCUT2D eigenvalue weighted by Crippen LogP contribution is -1.90. The van der Waals surface area contributed by atoms with E-state index >= 15 is 0 Å². The van der Waals surface area contributed by atoms with Gasteiger partial charge in [-0.05, 0) is 42.5 Å². The molecule has 1 aliphatic rings. The van der Waals surface area contributed by atoms with Crippen molar-refractivity contribution in [3.05, 3.63) is 77.4 Å². The van der Waals surface area contributed by atoms with Gasteiger partial charge in [0, 0.05) is 0 Å². The molecule has 1 aliphatic carbocycles. The summed E-state index contributed by atoms with van der Waals surface area (Å²) in [6.45, 7) is 4.36. The van der Waals surface area contributed by atoms with Gasteiger partial charge in [-0.25, -0.2) is 0 Å². The molecule has 0 bridgehead atoms. The Bertz CT molecular complexity index is 511. The molecule has 0 unspecified atom stereocenters. The molecule has 0 aliphatic heterocycles. The molecular formula is C17H18. The predicted octanol–water partition coefficient (Wildman–Crippen LogP) is 4.84. The summed E-state index contributed by atoms with van der Waals surface area (Å²) in [5.74, 6) is 0. The van der Waals surface area contributed by atoms with Gasteiger partial charge in [0.15, 0.2) is 0 Å². The van der Waals surface area contributed by atoms with Crippen molar-refractivity contribution in [1.29, 1.82) is 0 Å². The highest BCUT2D eigenvalue weighted by Gasteiger charge is 2.05. The molecule has 1 aromatic rings. The third-order valence-electron chi connectivity index (χ3n) is 3.08. The lowest BCUT2D eigenvalue weighted by molar-refractivity contribution is 1.30. The van der Waals surface area contributed by atoms with E-state index in [1.807, 2.05) is 0 Å². The molecule has 2 rings (SSSR count). The zero-order valence-corrected chi connectivity index (χ0v) is 10.5. The lowest BCUT2D eigenvalue weighted by Gasteiger charge is -2.11. The molecule has 0 saturated carbocycles. The molecular weight excluding hydrogens is 204 g/mol. The number of aryl methyl sites for hydroxylation is 1. The zero-order chi connectivity index (χ0) is 12.1. The first-order chi connectivity index (χ1) is 8.29. The Balaban J connectivity index is 2.48. The molecule has 0 amide bonds. The molecule has 86 valence electrons. The second kappa shape index (κ2) is 5.49. The first kappa shape index (κ1) is 11.7. The van der Waals surface area contributed by atoms with Crippen LogP contribution in [-0.2, 0) is 0 Å². The zero-order valence-electron chi connectivity index (χ0n) is 10.5. The molecule has 0 heteroatoms. The number of benzene rings is 1.